The highest BCUT2D eigenvalue weighted by atomic mass is 35.5. The van der Waals surface area contributed by atoms with Gasteiger partial charge in [0, 0.05) is 13.1 Å². The topological polar surface area (TPSA) is 64.0 Å². The number of hydrogen-bond donors (Lipinski definition) is 1. The van der Waals surface area contributed by atoms with E-state index >= 15 is 0 Å². The van der Waals surface area contributed by atoms with Crippen LogP contribution in [0.3, 0.4) is 0 Å². The number of sulfonamides is 1. The molecule has 0 fully saturated rings. The van der Waals surface area contributed by atoms with Gasteiger partial charge in [0.05, 0.1) is 6.33 Å². The second-order valence-corrected chi connectivity index (χ2v) is 6.93. The van der Waals surface area contributed by atoms with E-state index in [0.717, 1.165) is 12.8 Å². The molecule has 0 aliphatic heterocycles. The average Bonchev–Trinajstić information content (AvgIpc) is 2.57. The summed E-state index contributed by atoms with van der Waals surface area (Å²) in [7, 11) is -1.98. The van der Waals surface area contributed by atoms with E-state index in [1.54, 1.807) is 7.05 Å². The zero-order valence-electron chi connectivity index (χ0n) is 11.1. The molecule has 0 aliphatic rings. The van der Waals surface area contributed by atoms with E-state index in [4.69, 9.17) is 11.6 Å². The van der Waals surface area contributed by atoms with Crippen LogP contribution in [0.4, 0.5) is 0 Å². The largest absolute Gasteiger partial charge is 0.324 e. The Hall–Kier alpha value is -0.590. The van der Waals surface area contributed by atoms with Gasteiger partial charge in [-0.25, -0.2) is 18.1 Å². The summed E-state index contributed by atoms with van der Waals surface area (Å²) in [6, 6.07) is -0.129. The van der Waals surface area contributed by atoms with Gasteiger partial charge in [-0.05, 0) is 25.7 Å². The SMILES string of the molecule is CC(C)CCC(C)NS(=O)(=O)c1ncn(C)c1Cl. The molecule has 7 heteroatoms. The Bertz CT molecular complexity index is 496. The minimum atomic E-state index is -3.63. The fourth-order valence-electron chi connectivity index (χ4n) is 1.54. The molecule has 0 radical (unpaired) electrons. The first-order valence-corrected chi connectivity index (χ1v) is 7.79. The van der Waals surface area contributed by atoms with Crippen molar-refractivity contribution in [2.75, 3.05) is 0 Å². The van der Waals surface area contributed by atoms with Gasteiger partial charge in [-0.1, -0.05) is 25.4 Å². The van der Waals surface area contributed by atoms with Gasteiger partial charge in [-0.2, -0.15) is 0 Å². The molecule has 1 aromatic rings. The van der Waals surface area contributed by atoms with Crippen LogP contribution in [-0.2, 0) is 17.1 Å². The third-order valence-corrected chi connectivity index (χ3v) is 4.70. The van der Waals surface area contributed by atoms with Crippen LogP contribution >= 0.6 is 11.6 Å². The fraction of sp³-hybridized carbons (Fsp3) is 0.727. The van der Waals surface area contributed by atoms with Gasteiger partial charge in [0.15, 0.2) is 0 Å². The molecule has 18 heavy (non-hydrogen) atoms. The number of aryl methyl sites for hydroxylation is 1. The highest BCUT2D eigenvalue weighted by molar-refractivity contribution is 7.89. The molecule has 5 nitrogen and oxygen atoms in total. The maximum absolute atomic E-state index is 12.1. The summed E-state index contributed by atoms with van der Waals surface area (Å²) in [6.45, 7) is 6.06. The molecular weight excluding hydrogens is 274 g/mol. The van der Waals surface area contributed by atoms with Crippen molar-refractivity contribution in [3.05, 3.63) is 11.5 Å². The zero-order chi connectivity index (χ0) is 13.9. The Kier molecular flexibility index (Phi) is 5.19. The van der Waals surface area contributed by atoms with Crippen molar-refractivity contribution >= 4 is 21.6 Å². The molecule has 0 saturated heterocycles. The lowest BCUT2D eigenvalue weighted by atomic mass is 10.1. The average molecular weight is 294 g/mol. The van der Waals surface area contributed by atoms with Crippen molar-refractivity contribution in [2.24, 2.45) is 13.0 Å². The van der Waals surface area contributed by atoms with Crippen LogP contribution in [0.2, 0.25) is 5.15 Å². The zero-order valence-corrected chi connectivity index (χ0v) is 12.7. The van der Waals surface area contributed by atoms with E-state index in [-0.39, 0.29) is 16.2 Å². The minimum Gasteiger partial charge on any atom is -0.324 e. The quantitative estimate of drug-likeness (QED) is 0.874. The van der Waals surface area contributed by atoms with Crippen LogP contribution in [0.25, 0.3) is 0 Å². The van der Waals surface area contributed by atoms with E-state index < -0.39 is 10.0 Å². The predicted octanol–water partition coefficient (Wildman–Crippen LogP) is 2.18. The van der Waals surface area contributed by atoms with Crippen molar-refractivity contribution in [3.63, 3.8) is 0 Å². The number of nitrogens with one attached hydrogen (secondary N) is 1. The number of rotatable bonds is 6. The van der Waals surface area contributed by atoms with Crippen molar-refractivity contribution in [1.82, 2.24) is 14.3 Å². The Balaban J connectivity index is 2.74. The minimum absolute atomic E-state index is 0.108. The molecule has 104 valence electrons. The maximum atomic E-state index is 12.1. The summed E-state index contributed by atoms with van der Waals surface area (Å²) in [4.78, 5) is 3.82. The highest BCUT2D eigenvalue weighted by Gasteiger charge is 2.24. The van der Waals surface area contributed by atoms with Crippen molar-refractivity contribution < 1.29 is 8.42 Å². The van der Waals surface area contributed by atoms with E-state index in [1.807, 2.05) is 6.92 Å². The third-order valence-electron chi connectivity index (χ3n) is 2.62. The predicted molar refractivity (Wildman–Crippen MR) is 72.1 cm³/mol. The Morgan fingerprint density at radius 2 is 2.00 bits per heavy atom. The lowest BCUT2D eigenvalue weighted by molar-refractivity contribution is 0.484. The third kappa shape index (κ3) is 3.96. The number of nitrogens with zero attached hydrogens (tertiary/aromatic N) is 2. The summed E-state index contributed by atoms with van der Waals surface area (Å²) >= 11 is 5.89. The monoisotopic (exact) mass is 293 g/mol. The summed E-state index contributed by atoms with van der Waals surface area (Å²) in [5.41, 5.74) is 0. The van der Waals surface area contributed by atoms with Crippen molar-refractivity contribution in [3.8, 4) is 0 Å². The summed E-state index contributed by atoms with van der Waals surface area (Å²) in [5, 5.41) is 0.0154. The van der Waals surface area contributed by atoms with Gasteiger partial charge in [-0.3, -0.25) is 0 Å². The first kappa shape index (κ1) is 15.5. The van der Waals surface area contributed by atoms with Crippen LogP contribution in [-0.4, -0.2) is 24.0 Å². The van der Waals surface area contributed by atoms with E-state index in [2.05, 4.69) is 23.6 Å². The summed E-state index contributed by atoms with van der Waals surface area (Å²) in [5.74, 6) is 0.551. The van der Waals surface area contributed by atoms with Crippen LogP contribution in [0.1, 0.15) is 33.6 Å². The smallest absolute Gasteiger partial charge is 0.261 e. The van der Waals surface area contributed by atoms with Crippen LogP contribution in [0.5, 0.6) is 0 Å². The van der Waals surface area contributed by atoms with Gasteiger partial charge < -0.3 is 4.57 Å². The molecule has 0 saturated carbocycles. The van der Waals surface area contributed by atoms with Gasteiger partial charge in [0.25, 0.3) is 10.0 Å². The maximum Gasteiger partial charge on any atom is 0.261 e. The lowest BCUT2D eigenvalue weighted by Gasteiger charge is -2.14. The van der Waals surface area contributed by atoms with Crippen molar-refractivity contribution in [1.29, 1.82) is 0 Å². The van der Waals surface area contributed by atoms with E-state index in [1.165, 1.54) is 10.9 Å². The van der Waals surface area contributed by atoms with E-state index in [9.17, 15) is 8.42 Å². The number of aromatic nitrogens is 2. The highest BCUT2D eigenvalue weighted by Crippen LogP contribution is 2.19. The lowest BCUT2D eigenvalue weighted by Crippen LogP contribution is -2.33. The summed E-state index contributed by atoms with van der Waals surface area (Å²) < 4.78 is 28.2. The fourth-order valence-corrected chi connectivity index (χ4v) is 3.25. The van der Waals surface area contributed by atoms with Gasteiger partial charge >= 0.3 is 0 Å². The molecule has 1 N–H and O–H groups in total. The molecule has 0 spiro atoms. The van der Waals surface area contributed by atoms with Crippen LogP contribution in [0, 0.1) is 5.92 Å². The van der Waals surface area contributed by atoms with Crippen LogP contribution in [0.15, 0.2) is 11.4 Å². The second kappa shape index (κ2) is 6.04. The first-order valence-electron chi connectivity index (χ1n) is 5.93. The summed E-state index contributed by atoms with van der Waals surface area (Å²) in [6.07, 6.45) is 3.15. The second-order valence-electron chi connectivity index (χ2n) is 4.94. The normalized spacial score (nSPS) is 14.1. The Labute approximate surface area is 114 Å². The standard InChI is InChI=1S/C11H20ClN3O2S/c1-8(2)5-6-9(3)14-18(16,17)11-10(12)15(4)7-13-11/h7-9,14H,5-6H2,1-4H3. The van der Waals surface area contributed by atoms with Gasteiger partial charge in [-0.15, -0.1) is 0 Å². The first-order chi connectivity index (χ1) is 8.24. The number of imidazole rings is 1. The molecule has 0 aromatic carbocycles. The van der Waals surface area contributed by atoms with Gasteiger partial charge in [0.2, 0.25) is 5.03 Å². The van der Waals surface area contributed by atoms with Crippen LogP contribution < -0.4 is 4.72 Å². The van der Waals surface area contributed by atoms with Crippen molar-refractivity contribution in [2.45, 2.75) is 44.7 Å². The molecule has 0 amide bonds. The molecule has 1 rings (SSSR count). The van der Waals surface area contributed by atoms with Gasteiger partial charge in [0.1, 0.15) is 5.15 Å². The molecule has 1 unspecified atom stereocenters. The molecule has 0 bridgehead atoms. The molecule has 1 heterocycles. The Morgan fingerprint density at radius 1 is 1.39 bits per heavy atom. The molecule has 0 aliphatic carbocycles. The molecule has 1 atom stereocenters. The molecular formula is C11H20ClN3O2S. The Morgan fingerprint density at radius 3 is 2.44 bits per heavy atom. The van der Waals surface area contributed by atoms with E-state index in [0.29, 0.717) is 5.92 Å². The molecule has 1 aromatic heterocycles. The number of halogens is 1. The number of hydrogen-bond acceptors (Lipinski definition) is 3.